The van der Waals surface area contributed by atoms with E-state index in [0.29, 0.717) is 17.7 Å². The van der Waals surface area contributed by atoms with Gasteiger partial charge in [-0.1, -0.05) is 25.2 Å². The minimum Gasteiger partial charge on any atom is -0.477 e. The molecule has 0 atom stereocenters. The molecule has 0 saturated carbocycles. The minimum atomic E-state index is -1.02. The summed E-state index contributed by atoms with van der Waals surface area (Å²) in [6, 6.07) is 3.28. The zero-order chi connectivity index (χ0) is 15.4. The summed E-state index contributed by atoms with van der Waals surface area (Å²) in [6.07, 6.45) is 3.57. The molecule has 0 fully saturated rings. The van der Waals surface area contributed by atoms with Gasteiger partial charge in [0.2, 0.25) is 0 Å². The van der Waals surface area contributed by atoms with Crippen LogP contribution in [0.15, 0.2) is 24.5 Å². The normalized spacial score (nSPS) is 10.6. The number of aromatic carboxylic acids is 1. The van der Waals surface area contributed by atoms with Crippen LogP contribution in [0, 0.1) is 5.92 Å². The molecule has 2 aromatic rings. The summed E-state index contributed by atoms with van der Waals surface area (Å²) in [6.45, 7) is 3.97. The topological polar surface area (TPSA) is 92.2 Å². The first-order chi connectivity index (χ1) is 9.97. The third-order valence-electron chi connectivity index (χ3n) is 2.64. The SMILES string of the molecule is CC(C)Cc1nc(NC(=O)c2cccnc2)sc1C(=O)O. The number of carboxylic acid groups (broad SMARTS) is 1. The maximum atomic E-state index is 12.0. The molecule has 2 aromatic heterocycles. The Labute approximate surface area is 125 Å². The monoisotopic (exact) mass is 305 g/mol. The van der Waals surface area contributed by atoms with Crippen molar-refractivity contribution in [1.82, 2.24) is 9.97 Å². The van der Waals surface area contributed by atoms with Crippen molar-refractivity contribution in [2.75, 3.05) is 5.32 Å². The summed E-state index contributed by atoms with van der Waals surface area (Å²) in [7, 11) is 0. The van der Waals surface area contributed by atoms with E-state index in [2.05, 4.69) is 15.3 Å². The lowest BCUT2D eigenvalue weighted by Crippen LogP contribution is -2.11. The fraction of sp³-hybridized carbons (Fsp3) is 0.286. The summed E-state index contributed by atoms with van der Waals surface area (Å²) in [4.78, 5) is 31.5. The number of carboxylic acids is 1. The van der Waals surface area contributed by atoms with E-state index < -0.39 is 5.97 Å². The quantitative estimate of drug-likeness (QED) is 0.886. The van der Waals surface area contributed by atoms with Crippen LogP contribution in [0.5, 0.6) is 0 Å². The van der Waals surface area contributed by atoms with Crippen molar-refractivity contribution in [1.29, 1.82) is 0 Å². The fourth-order valence-corrected chi connectivity index (χ4v) is 2.59. The second-order valence-corrected chi connectivity index (χ2v) is 5.89. The highest BCUT2D eigenvalue weighted by molar-refractivity contribution is 7.17. The zero-order valence-electron chi connectivity index (χ0n) is 11.7. The third kappa shape index (κ3) is 3.85. The first-order valence-electron chi connectivity index (χ1n) is 6.41. The molecule has 7 heteroatoms. The summed E-state index contributed by atoms with van der Waals surface area (Å²) >= 11 is 0.970. The van der Waals surface area contributed by atoms with Gasteiger partial charge in [0.1, 0.15) is 4.88 Å². The number of thiazole rings is 1. The van der Waals surface area contributed by atoms with Crippen molar-refractivity contribution in [3.05, 3.63) is 40.7 Å². The number of aromatic nitrogens is 2. The highest BCUT2D eigenvalue weighted by atomic mass is 32.1. The van der Waals surface area contributed by atoms with Crippen molar-refractivity contribution in [3.8, 4) is 0 Å². The molecule has 0 aliphatic carbocycles. The second kappa shape index (κ2) is 6.45. The van der Waals surface area contributed by atoms with E-state index in [1.54, 1.807) is 18.3 Å². The van der Waals surface area contributed by atoms with E-state index in [0.717, 1.165) is 11.3 Å². The van der Waals surface area contributed by atoms with Crippen LogP contribution in [0.1, 0.15) is 39.6 Å². The molecule has 0 saturated heterocycles. The van der Waals surface area contributed by atoms with Gasteiger partial charge in [-0.3, -0.25) is 15.1 Å². The lowest BCUT2D eigenvalue weighted by atomic mass is 10.1. The first kappa shape index (κ1) is 15.1. The molecule has 2 heterocycles. The van der Waals surface area contributed by atoms with Crippen molar-refractivity contribution >= 4 is 28.3 Å². The highest BCUT2D eigenvalue weighted by Crippen LogP contribution is 2.25. The van der Waals surface area contributed by atoms with E-state index >= 15 is 0 Å². The molecule has 6 nitrogen and oxygen atoms in total. The van der Waals surface area contributed by atoms with E-state index in [1.807, 2.05) is 13.8 Å². The Bertz CT molecular complexity index is 653. The smallest absolute Gasteiger partial charge is 0.347 e. The number of amides is 1. The predicted molar refractivity (Wildman–Crippen MR) is 79.8 cm³/mol. The van der Waals surface area contributed by atoms with Gasteiger partial charge in [0.15, 0.2) is 5.13 Å². The van der Waals surface area contributed by atoms with Crippen molar-refractivity contribution in [2.24, 2.45) is 5.92 Å². The average Bonchev–Trinajstić information content (AvgIpc) is 2.81. The number of hydrogen-bond donors (Lipinski definition) is 2. The Balaban J connectivity index is 2.21. The van der Waals surface area contributed by atoms with E-state index in [1.165, 1.54) is 6.20 Å². The van der Waals surface area contributed by atoms with Crippen molar-refractivity contribution < 1.29 is 14.7 Å². The van der Waals surface area contributed by atoms with E-state index in [9.17, 15) is 14.7 Å². The number of rotatable bonds is 5. The Kier molecular flexibility index (Phi) is 4.64. The van der Waals surface area contributed by atoms with Gasteiger partial charge in [0.25, 0.3) is 5.91 Å². The molecule has 0 spiro atoms. The van der Waals surface area contributed by atoms with Gasteiger partial charge in [-0.05, 0) is 24.5 Å². The number of hydrogen-bond acceptors (Lipinski definition) is 5. The summed E-state index contributed by atoms with van der Waals surface area (Å²) < 4.78 is 0. The lowest BCUT2D eigenvalue weighted by molar-refractivity contribution is 0.0700. The van der Waals surface area contributed by atoms with Crippen molar-refractivity contribution in [3.63, 3.8) is 0 Å². The number of nitrogens with zero attached hydrogens (tertiary/aromatic N) is 2. The van der Waals surface area contributed by atoms with Crippen LogP contribution in [0.2, 0.25) is 0 Å². The number of pyridine rings is 1. The Hall–Kier alpha value is -2.28. The number of anilines is 1. The Morgan fingerprint density at radius 3 is 2.76 bits per heavy atom. The molecule has 2 N–H and O–H groups in total. The first-order valence-corrected chi connectivity index (χ1v) is 7.23. The highest BCUT2D eigenvalue weighted by Gasteiger charge is 2.19. The predicted octanol–water partition coefficient (Wildman–Crippen LogP) is 2.69. The molecule has 0 unspecified atom stereocenters. The third-order valence-corrected chi connectivity index (χ3v) is 3.64. The van der Waals surface area contributed by atoms with Crippen LogP contribution in [0.4, 0.5) is 5.13 Å². The van der Waals surface area contributed by atoms with Gasteiger partial charge in [0, 0.05) is 12.4 Å². The number of carbonyl (C=O) groups excluding carboxylic acids is 1. The molecule has 0 aromatic carbocycles. The van der Waals surface area contributed by atoms with E-state index in [4.69, 9.17) is 0 Å². The molecular weight excluding hydrogens is 290 g/mol. The molecule has 1 amide bonds. The largest absolute Gasteiger partial charge is 0.477 e. The Morgan fingerprint density at radius 2 is 2.19 bits per heavy atom. The van der Waals surface area contributed by atoms with Crippen LogP contribution in [-0.4, -0.2) is 27.0 Å². The van der Waals surface area contributed by atoms with Gasteiger partial charge >= 0.3 is 5.97 Å². The maximum absolute atomic E-state index is 12.0. The fourth-order valence-electron chi connectivity index (χ4n) is 1.76. The van der Waals surface area contributed by atoms with Gasteiger partial charge in [0.05, 0.1) is 11.3 Å². The average molecular weight is 305 g/mol. The van der Waals surface area contributed by atoms with Gasteiger partial charge in [-0.2, -0.15) is 0 Å². The summed E-state index contributed by atoms with van der Waals surface area (Å²) in [5.41, 5.74) is 0.902. The molecule has 21 heavy (non-hydrogen) atoms. The molecular formula is C14H15N3O3S. The van der Waals surface area contributed by atoms with Gasteiger partial charge < -0.3 is 5.11 Å². The zero-order valence-corrected chi connectivity index (χ0v) is 12.5. The number of carbonyl (C=O) groups is 2. The van der Waals surface area contributed by atoms with Crippen LogP contribution < -0.4 is 5.32 Å². The minimum absolute atomic E-state index is 0.171. The molecule has 110 valence electrons. The molecule has 0 bridgehead atoms. The summed E-state index contributed by atoms with van der Waals surface area (Å²) in [5, 5.41) is 12.1. The van der Waals surface area contributed by atoms with Crippen molar-refractivity contribution in [2.45, 2.75) is 20.3 Å². The number of nitrogens with one attached hydrogen (secondary N) is 1. The maximum Gasteiger partial charge on any atom is 0.347 e. The Morgan fingerprint density at radius 1 is 1.43 bits per heavy atom. The molecule has 0 aliphatic heterocycles. The summed E-state index contributed by atoms with van der Waals surface area (Å²) in [5.74, 6) is -1.10. The van der Waals surface area contributed by atoms with Crippen LogP contribution in [0.3, 0.4) is 0 Å². The lowest BCUT2D eigenvalue weighted by Gasteiger charge is -2.02. The standard InChI is InChI=1S/C14H15N3O3S/c1-8(2)6-10-11(13(19)20)21-14(16-10)17-12(18)9-4-3-5-15-7-9/h3-5,7-8H,6H2,1-2H3,(H,19,20)(H,16,17,18). The molecule has 0 radical (unpaired) electrons. The van der Waals surface area contributed by atoms with Gasteiger partial charge in [-0.25, -0.2) is 9.78 Å². The van der Waals surface area contributed by atoms with Crippen LogP contribution in [0.25, 0.3) is 0 Å². The van der Waals surface area contributed by atoms with Gasteiger partial charge in [-0.15, -0.1) is 0 Å². The second-order valence-electron chi connectivity index (χ2n) is 4.89. The molecule has 2 rings (SSSR count). The van der Waals surface area contributed by atoms with Crippen LogP contribution in [-0.2, 0) is 6.42 Å². The van der Waals surface area contributed by atoms with Crippen LogP contribution >= 0.6 is 11.3 Å². The molecule has 0 aliphatic rings. The van der Waals surface area contributed by atoms with E-state index in [-0.39, 0.29) is 21.8 Å².